The van der Waals surface area contributed by atoms with E-state index in [1.165, 1.54) is 36.5 Å². The van der Waals surface area contributed by atoms with Crippen LogP contribution in [0.1, 0.15) is 0 Å². The molecule has 3 atom stereocenters. The quantitative estimate of drug-likeness (QED) is 0.364. The van der Waals surface area contributed by atoms with Crippen LogP contribution >= 0.6 is 0 Å². The maximum atomic E-state index is 10.7. The Bertz CT molecular complexity index is 741. The summed E-state index contributed by atoms with van der Waals surface area (Å²) in [7, 11) is 0. The minimum absolute atomic E-state index is 0. The predicted molar refractivity (Wildman–Crippen MR) is 99.6 cm³/mol. The van der Waals surface area contributed by atoms with Crippen LogP contribution in [-0.2, 0) is 14.4 Å². The molecule has 0 bridgehead atoms. The van der Waals surface area contributed by atoms with E-state index in [2.05, 4.69) is 0 Å². The van der Waals surface area contributed by atoms with E-state index in [1.807, 2.05) is 0 Å². The first-order valence-electron chi connectivity index (χ1n) is 7.80. The molecule has 3 aliphatic carbocycles. The van der Waals surface area contributed by atoms with Gasteiger partial charge in [-0.15, -0.1) is 0 Å². The van der Waals surface area contributed by atoms with Crippen LogP contribution in [0.5, 0.6) is 0 Å². The second-order valence-electron chi connectivity index (χ2n) is 5.17. The molecule has 138 valence electrons. The molecule has 0 aliphatic heterocycles. The van der Waals surface area contributed by atoms with Crippen molar-refractivity contribution in [1.82, 2.24) is 0 Å². The summed E-state index contributed by atoms with van der Waals surface area (Å²) in [5.41, 5.74) is 0.535. The summed E-state index contributed by atoms with van der Waals surface area (Å²) in [5.74, 6) is 4.71. The minimum Gasteiger partial charge on any atom is -0.845 e. The van der Waals surface area contributed by atoms with Crippen molar-refractivity contribution in [3.8, 4) is 0 Å². The van der Waals surface area contributed by atoms with Crippen molar-refractivity contribution in [3.63, 3.8) is 0 Å². The van der Waals surface area contributed by atoms with Crippen LogP contribution in [-0.4, -0.2) is 53.5 Å². The maximum Gasteiger partial charge on any atom is 3.00 e. The zero-order valence-electron chi connectivity index (χ0n) is 14.7. The monoisotopic (exact) mass is 390 g/mol. The Morgan fingerprint density at radius 3 is 0.929 bits per heavy atom. The van der Waals surface area contributed by atoms with Gasteiger partial charge < -0.3 is 15.3 Å². The van der Waals surface area contributed by atoms with Gasteiger partial charge in [-0.1, -0.05) is 73.0 Å². The van der Waals surface area contributed by atoms with Crippen molar-refractivity contribution in [1.29, 1.82) is 0 Å². The molecule has 0 saturated carbocycles. The van der Waals surface area contributed by atoms with Gasteiger partial charge in [0, 0.05) is 16.7 Å². The summed E-state index contributed by atoms with van der Waals surface area (Å²) in [6.07, 6.45) is 15.5. The van der Waals surface area contributed by atoms with Gasteiger partial charge in [0.25, 0.3) is 0 Å². The van der Waals surface area contributed by atoms with Crippen molar-refractivity contribution in [2.24, 2.45) is 0 Å². The first-order chi connectivity index (χ1) is 13.0. The second-order valence-corrected chi connectivity index (χ2v) is 5.17. The van der Waals surface area contributed by atoms with Gasteiger partial charge in [0.15, 0.2) is 0 Å². The van der Waals surface area contributed by atoms with Gasteiger partial charge in [-0.05, 0) is 18.2 Å². The van der Waals surface area contributed by atoms with Crippen LogP contribution in [0.4, 0.5) is 0 Å². The average Bonchev–Trinajstić information content (AvgIpc) is 2.70. The summed E-state index contributed by atoms with van der Waals surface area (Å²) in [4.78, 5) is 29.8. The van der Waals surface area contributed by atoms with Crippen molar-refractivity contribution < 1.29 is 29.7 Å². The number of allylic oxidation sites excluding steroid dienone is 6. The van der Waals surface area contributed by atoms with Crippen molar-refractivity contribution >= 4 is 35.2 Å². The Labute approximate surface area is 173 Å². The van der Waals surface area contributed by atoms with Crippen molar-refractivity contribution in [2.45, 2.75) is 18.3 Å². The maximum absolute atomic E-state index is 10.7. The Kier molecular flexibility index (Phi) is 12.9. The molecule has 6 nitrogen and oxygen atoms in total. The molecule has 0 radical (unpaired) electrons. The third-order valence-electron chi connectivity index (χ3n) is 3.29. The summed E-state index contributed by atoms with van der Waals surface area (Å²) >= 11 is 0. The fraction of sp³-hybridized carbons (Fsp3) is 0.143. The average molecular weight is 390 g/mol. The fourth-order valence-electron chi connectivity index (χ4n) is 1.84. The zero-order chi connectivity index (χ0) is 20.1. The molecular formula is C21H15AlO6. The molecule has 0 amide bonds. The smallest absolute Gasteiger partial charge is 0.845 e. The third-order valence-corrected chi connectivity index (χ3v) is 3.29. The first-order valence-corrected chi connectivity index (χ1v) is 7.80. The van der Waals surface area contributed by atoms with Crippen LogP contribution in [0.3, 0.4) is 0 Å². The van der Waals surface area contributed by atoms with Gasteiger partial charge in [0.1, 0.15) is 17.8 Å². The van der Waals surface area contributed by atoms with Gasteiger partial charge >= 0.3 is 17.4 Å². The molecule has 0 aromatic carbocycles. The van der Waals surface area contributed by atoms with Crippen LogP contribution in [0.25, 0.3) is 0 Å². The van der Waals surface area contributed by atoms with E-state index in [4.69, 9.17) is 0 Å². The summed E-state index contributed by atoms with van der Waals surface area (Å²) in [5, 5.41) is 32.0. The summed E-state index contributed by atoms with van der Waals surface area (Å²) in [6, 6.07) is 0. The number of hydrogen-bond acceptors (Lipinski definition) is 6. The molecule has 0 saturated heterocycles. The molecule has 0 fully saturated rings. The minimum atomic E-state index is -1.01. The Hall–Kier alpha value is -2.80. The predicted octanol–water partition coefficient (Wildman–Crippen LogP) is -1.58. The van der Waals surface area contributed by atoms with E-state index in [0.717, 1.165) is 0 Å². The Balaban J connectivity index is 0.000000384. The van der Waals surface area contributed by atoms with Crippen molar-refractivity contribution in [3.05, 3.63) is 89.6 Å². The van der Waals surface area contributed by atoms with Crippen LogP contribution in [0.2, 0.25) is 0 Å². The second kappa shape index (κ2) is 14.3. The van der Waals surface area contributed by atoms with Crippen LogP contribution < -0.4 is 15.3 Å². The van der Waals surface area contributed by atoms with E-state index in [1.54, 1.807) is 54.3 Å². The van der Waals surface area contributed by atoms with Gasteiger partial charge in [-0.2, -0.15) is 0 Å². The van der Waals surface area contributed by atoms with E-state index in [9.17, 15) is 29.7 Å². The van der Waals surface area contributed by atoms with Gasteiger partial charge in [0.2, 0.25) is 0 Å². The zero-order valence-corrected chi connectivity index (χ0v) is 15.8. The van der Waals surface area contributed by atoms with E-state index in [0.29, 0.717) is 0 Å². The molecule has 0 heterocycles. The molecule has 0 aromatic rings. The van der Waals surface area contributed by atoms with Gasteiger partial charge in [-0.25, -0.2) is 14.4 Å². The SMILES string of the molecule is O=C=C1C=CC=CC1[O-].O=C=C1C=CC=CC1[O-].O=C=C1C=CC=CC1[O-].[Al+3]. The number of rotatable bonds is 0. The Morgan fingerprint density at radius 1 is 0.536 bits per heavy atom. The molecule has 0 spiro atoms. The largest absolute Gasteiger partial charge is 3.00 e. The van der Waals surface area contributed by atoms with Crippen molar-refractivity contribution in [2.75, 3.05) is 0 Å². The number of hydrogen-bond donors (Lipinski definition) is 0. The standard InChI is InChI=1S/3C7H5O2.Al/c3*8-5-6-3-1-2-4-7(6)9;/h3*1-4,7H;/q3*-1;+3. The van der Waals surface area contributed by atoms with E-state index in [-0.39, 0.29) is 34.1 Å². The van der Waals surface area contributed by atoms with E-state index < -0.39 is 18.3 Å². The molecule has 3 rings (SSSR count). The molecule has 3 aliphatic rings. The fourth-order valence-corrected chi connectivity index (χ4v) is 1.84. The normalized spacial score (nSPS) is 23.2. The molecule has 28 heavy (non-hydrogen) atoms. The first kappa shape index (κ1) is 25.2. The summed E-state index contributed by atoms with van der Waals surface area (Å²) < 4.78 is 0. The van der Waals surface area contributed by atoms with Crippen LogP contribution in [0.15, 0.2) is 89.6 Å². The van der Waals surface area contributed by atoms with Gasteiger partial charge in [0.05, 0.1) is 0 Å². The summed E-state index contributed by atoms with van der Waals surface area (Å²) in [6.45, 7) is 0. The molecule has 3 unspecified atom stereocenters. The Morgan fingerprint density at radius 2 is 0.786 bits per heavy atom. The molecular weight excluding hydrogens is 375 g/mol. The molecule has 0 aromatic heterocycles. The molecule has 0 N–H and O–H groups in total. The third kappa shape index (κ3) is 8.73. The van der Waals surface area contributed by atoms with Crippen LogP contribution in [0, 0.1) is 0 Å². The van der Waals surface area contributed by atoms with Gasteiger partial charge in [-0.3, -0.25) is 0 Å². The molecule has 7 heteroatoms. The van der Waals surface area contributed by atoms with E-state index >= 15 is 0 Å². The topological polar surface area (TPSA) is 120 Å². The number of carbonyl (C=O) groups excluding carboxylic acids is 3.